The SMILES string of the molecule is CC(CC#N)N(C)C(=O)c1cccc(OCc2cccs2)c1. The Hall–Kier alpha value is -2.32. The van der Waals surface area contributed by atoms with Gasteiger partial charge < -0.3 is 9.64 Å². The molecule has 1 heterocycles. The zero-order valence-electron chi connectivity index (χ0n) is 12.7. The summed E-state index contributed by atoms with van der Waals surface area (Å²) >= 11 is 1.64. The van der Waals surface area contributed by atoms with E-state index < -0.39 is 0 Å². The second-order valence-electron chi connectivity index (χ2n) is 5.02. The lowest BCUT2D eigenvalue weighted by atomic mass is 10.1. The number of hydrogen-bond acceptors (Lipinski definition) is 4. The van der Waals surface area contributed by atoms with E-state index in [1.807, 2.05) is 30.5 Å². The zero-order chi connectivity index (χ0) is 15.9. The maximum atomic E-state index is 12.4. The minimum absolute atomic E-state index is 0.107. The molecule has 1 aromatic heterocycles. The van der Waals surface area contributed by atoms with E-state index in [4.69, 9.17) is 10.00 Å². The van der Waals surface area contributed by atoms with Crippen molar-refractivity contribution in [2.75, 3.05) is 7.05 Å². The highest BCUT2D eigenvalue weighted by molar-refractivity contribution is 7.09. The summed E-state index contributed by atoms with van der Waals surface area (Å²) < 4.78 is 5.72. The Morgan fingerprint density at radius 3 is 2.91 bits per heavy atom. The second kappa shape index (κ2) is 7.62. The molecule has 1 amide bonds. The van der Waals surface area contributed by atoms with E-state index >= 15 is 0 Å². The second-order valence-corrected chi connectivity index (χ2v) is 6.06. The molecule has 5 heteroatoms. The Kier molecular flexibility index (Phi) is 5.56. The predicted molar refractivity (Wildman–Crippen MR) is 86.9 cm³/mol. The molecule has 0 fully saturated rings. The number of carbonyl (C=O) groups is 1. The monoisotopic (exact) mass is 314 g/mol. The third-order valence-electron chi connectivity index (χ3n) is 3.41. The molecule has 0 bridgehead atoms. The van der Waals surface area contributed by atoms with Gasteiger partial charge in [-0.2, -0.15) is 5.26 Å². The van der Waals surface area contributed by atoms with Crippen LogP contribution in [0.5, 0.6) is 5.75 Å². The molecule has 0 saturated heterocycles. The lowest BCUT2D eigenvalue weighted by Gasteiger charge is -2.23. The minimum Gasteiger partial charge on any atom is -0.488 e. The van der Waals surface area contributed by atoms with E-state index in [1.54, 1.807) is 41.5 Å². The fourth-order valence-corrected chi connectivity index (χ4v) is 2.56. The van der Waals surface area contributed by atoms with Crippen molar-refractivity contribution >= 4 is 17.2 Å². The van der Waals surface area contributed by atoms with Gasteiger partial charge in [0.15, 0.2) is 0 Å². The highest BCUT2D eigenvalue weighted by Gasteiger charge is 2.17. The lowest BCUT2D eigenvalue weighted by molar-refractivity contribution is 0.0745. The van der Waals surface area contributed by atoms with Crippen LogP contribution in [0, 0.1) is 11.3 Å². The summed E-state index contributed by atoms with van der Waals surface area (Å²) in [4.78, 5) is 15.1. The van der Waals surface area contributed by atoms with Crippen molar-refractivity contribution < 1.29 is 9.53 Å². The maximum Gasteiger partial charge on any atom is 0.254 e. The molecule has 1 atom stereocenters. The van der Waals surface area contributed by atoms with Crippen LogP contribution in [-0.4, -0.2) is 23.9 Å². The third kappa shape index (κ3) is 4.09. The standard InChI is InChI=1S/C17H18N2O2S/c1-13(8-9-18)19(2)17(20)14-5-3-6-15(11-14)21-12-16-7-4-10-22-16/h3-7,10-11,13H,8,12H2,1-2H3. The van der Waals surface area contributed by atoms with Gasteiger partial charge in [-0.05, 0) is 36.6 Å². The molecule has 2 rings (SSSR count). The van der Waals surface area contributed by atoms with Gasteiger partial charge >= 0.3 is 0 Å². The molecule has 1 unspecified atom stereocenters. The molecule has 0 spiro atoms. The van der Waals surface area contributed by atoms with Gasteiger partial charge in [-0.25, -0.2) is 0 Å². The maximum absolute atomic E-state index is 12.4. The van der Waals surface area contributed by atoms with Crippen molar-refractivity contribution in [3.63, 3.8) is 0 Å². The summed E-state index contributed by atoms with van der Waals surface area (Å²) in [5.41, 5.74) is 0.566. The van der Waals surface area contributed by atoms with Crippen LogP contribution in [0.4, 0.5) is 0 Å². The number of thiophene rings is 1. The molecular weight excluding hydrogens is 296 g/mol. The molecule has 0 aliphatic heterocycles. The van der Waals surface area contributed by atoms with Crippen molar-refractivity contribution in [1.29, 1.82) is 5.26 Å². The van der Waals surface area contributed by atoms with Crippen LogP contribution in [-0.2, 0) is 6.61 Å². The van der Waals surface area contributed by atoms with E-state index in [2.05, 4.69) is 6.07 Å². The minimum atomic E-state index is -0.117. The largest absolute Gasteiger partial charge is 0.488 e. The summed E-state index contributed by atoms with van der Waals surface area (Å²) in [6.07, 6.45) is 0.316. The number of rotatable bonds is 6. The van der Waals surface area contributed by atoms with Gasteiger partial charge in [0.2, 0.25) is 0 Å². The van der Waals surface area contributed by atoms with Gasteiger partial charge in [-0.15, -0.1) is 11.3 Å². The summed E-state index contributed by atoms with van der Waals surface area (Å²) in [7, 11) is 1.71. The molecule has 22 heavy (non-hydrogen) atoms. The number of benzene rings is 1. The van der Waals surface area contributed by atoms with Crippen LogP contribution in [0.2, 0.25) is 0 Å². The number of hydrogen-bond donors (Lipinski definition) is 0. The molecule has 4 nitrogen and oxygen atoms in total. The summed E-state index contributed by atoms with van der Waals surface area (Å²) in [6, 6.07) is 13.1. The molecular formula is C17H18N2O2S. The van der Waals surface area contributed by atoms with E-state index in [9.17, 15) is 4.79 Å². The van der Waals surface area contributed by atoms with Gasteiger partial charge in [0.1, 0.15) is 12.4 Å². The normalized spacial score (nSPS) is 11.5. The quantitative estimate of drug-likeness (QED) is 0.817. The third-order valence-corrected chi connectivity index (χ3v) is 4.26. The molecule has 114 valence electrons. The molecule has 0 aliphatic carbocycles. The number of nitriles is 1. The molecule has 2 aromatic rings. The van der Waals surface area contributed by atoms with Crippen molar-refractivity contribution in [3.8, 4) is 11.8 Å². The summed E-state index contributed by atoms with van der Waals surface area (Å²) in [5, 5.41) is 10.7. The van der Waals surface area contributed by atoms with Gasteiger partial charge in [0.25, 0.3) is 5.91 Å². The van der Waals surface area contributed by atoms with Crippen LogP contribution >= 0.6 is 11.3 Å². The number of ether oxygens (including phenoxy) is 1. The average Bonchev–Trinajstić information content (AvgIpc) is 3.05. The first-order valence-corrected chi connectivity index (χ1v) is 7.89. The summed E-state index contributed by atoms with van der Waals surface area (Å²) in [5.74, 6) is 0.560. The van der Waals surface area contributed by atoms with Gasteiger partial charge in [0, 0.05) is 23.5 Å². The first-order valence-electron chi connectivity index (χ1n) is 7.01. The Morgan fingerprint density at radius 1 is 1.41 bits per heavy atom. The van der Waals surface area contributed by atoms with E-state index in [-0.39, 0.29) is 11.9 Å². The van der Waals surface area contributed by atoms with Crippen molar-refractivity contribution in [3.05, 3.63) is 52.2 Å². The van der Waals surface area contributed by atoms with Crippen molar-refractivity contribution in [2.45, 2.75) is 26.0 Å². The molecule has 0 aliphatic rings. The number of amides is 1. The smallest absolute Gasteiger partial charge is 0.254 e. The molecule has 0 radical (unpaired) electrons. The highest BCUT2D eigenvalue weighted by atomic mass is 32.1. The van der Waals surface area contributed by atoms with Gasteiger partial charge in [0.05, 0.1) is 12.5 Å². The summed E-state index contributed by atoms with van der Waals surface area (Å²) in [6.45, 7) is 2.36. The highest BCUT2D eigenvalue weighted by Crippen LogP contribution is 2.18. The Balaban J connectivity index is 2.04. The van der Waals surface area contributed by atoms with Crippen LogP contribution in [0.3, 0.4) is 0 Å². The first-order chi connectivity index (χ1) is 10.6. The lowest BCUT2D eigenvalue weighted by Crippen LogP contribution is -2.34. The topological polar surface area (TPSA) is 53.3 Å². The molecule has 0 N–H and O–H groups in total. The Bertz CT molecular complexity index is 662. The fraction of sp³-hybridized carbons (Fsp3) is 0.294. The molecule has 1 aromatic carbocycles. The van der Waals surface area contributed by atoms with Crippen LogP contribution < -0.4 is 4.74 Å². The van der Waals surface area contributed by atoms with Gasteiger partial charge in [-0.1, -0.05) is 12.1 Å². The van der Waals surface area contributed by atoms with Crippen molar-refractivity contribution in [1.82, 2.24) is 4.90 Å². The number of carbonyl (C=O) groups excluding carboxylic acids is 1. The van der Waals surface area contributed by atoms with Gasteiger partial charge in [-0.3, -0.25) is 4.79 Å². The Morgan fingerprint density at radius 2 is 2.23 bits per heavy atom. The van der Waals surface area contributed by atoms with Crippen LogP contribution in [0.1, 0.15) is 28.6 Å². The van der Waals surface area contributed by atoms with Crippen LogP contribution in [0.25, 0.3) is 0 Å². The first kappa shape index (κ1) is 16.1. The number of nitrogens with zero attached hydrogens (tertiary/aromatic N) is 2. The van der Waals surface area contributed by atoms with E-state index in [0.29, 0.717) is 24.3 Å². The van der Waals surface area contributed by atoms with E-state index in [1.165, 1.54) is 0 Å². The zero-order valence-corrected chi connectivity index (χ0v) is 13.5. The predicted octanol–water partition coefficient (Wildman–Crippen LogP) is 3.70. The molecule has 0 saturated carbocycles. The van der Waals surface area contributed by atoms with Crippen molar-refractivity contribution in [2.24, 2.45) is 0 Å². The fourth-order valence-electron chi connectivity index (χ4n) is 1.94. The Labute approximate surface area is 134 Å². The van der Waals surface area contributed by atoms with E-state index in [0.717, 1.165) is 4.88 Å². The van der Waals surface area contributed by atoms with Crippen LogP contribution in [0.15, 0.2) is 41.8 Å². The average molecular weight is 314 g/mol.